The minimum absolute atomic E-state index is 0.382. The van der Waals surface area contributed by atoms with Crippen molar-refractivity contribution in [2.45, 2.75) is 75.2 Å². The molecule has 8 nitrogen and oxygen atoms in total. The molecule has 0 atom stereocenters. The maximum absolute atomic E-state index is 5.51. The van der Waals surface area contributed by atoms with Gasteiger partial charge in [-0.05, 0) is 37.5 Å². The molecular weight excluding hydrogens is 426 g/mol. The van der Waals surface area contributed by atoms with Crippen LogP contribution in [0.4, 0.5) is 0 Å². The van der Waals surface area contributed by atoms with Gasteiger partial charge in [0.05, 0.1) is 20.0 Å². The summed E-state index contributed by atoms with van der Waals surface area (Å²) in [7, 11) is 3.29. The number of benzene rings is 1. The van der Waals surface area contributed by atoms with E-state index in [-0.39, 0.29) is 0 Å². The summed E-state index contributed by atoms with van der Waals surface area (Å²) in [5.74, 6) is 4.23. The van der Waals surface area contributed by atoms with Crippen LogP contribution in [-0.2, 0) is 12.2 Å². The lowest BCUT2D eigenvalue weighted by Crippen LogP contribution is -2.15. The van der Waals surface area contributed by atoms with Crippen molar-refractivity contribution in [3.05, 3.63) is 29.9 Å². The van der Waals surface area contributed by atoms with E-state index in [4.69, 9.17) is 14.0 Å². The number of hydrogen-bond acceptors (Lipinski definition) is 8. The second-order valence-electron chi connectivity index (χ2n) is 8.03. The molecule has 1 aliphatic carbocycles. The zero-order valence-electron chi connectivity index (χ0n) is 19.0. The summed E-state index contributed by atoms with van der Waals surface area (Å²) in [5.41, 5.74) is 0.965. The summed E-state index contributed by atoms with van der Waals surface area (Å²) in [5, 5.41) is 14.1. The third-order valence-electron chi connectivity index (χ3n) is 5.83. The van der Waals surface area contributed by atoms with Crippen LogP contribution in [0, 0.1) is 0 Å². The van der Waals surface area contributed by atoms with E-state index in [2.05, 4.69) is 31.8 Å². The molecule has 1 aliphatic rings. The molecule has 0 radical (unpaired) electrons. The minimum atomic E-state index is 0.382. The Morgan fingerprint density at radius 1 is 1.09 bits per heavy atom. The van der Waals surface area contributed by atoms with E-state index >= 15 is 0 Å². The molecule has 4 rings (SSSR count). The molecule has 0 bridgehead atoms. The molecule has 2 heterocycles. The van der Waals surface area contributed by atoms with Crippen LogP contribution in [-0.4, -0.2) is 39.1 Å². The highest BCUT2D eigenvalue weighted by molar-refractivity contribution is 7.98. The Kier molecular flexibility index (Phi) is 7.68. The van der Waals surface area contributed by atoms with Crippen molar-refractivity contribution in [2.75, 3.05) is 14.2 Å². The van der Waals surface area contributed by atoms with Crippen molar-refractivity contribution >= 4 is 11.8 Å². The number of aromatic nitrogens is 5. The predicted octanol–water partition coefficient (Wildman–Crippen LogP) is 5.49. The van der Waals surface area contributed by atoms with Gasteiger partial charge >= 0.3 is 0 Å². The molecule has 3 aromatic rings. The average molecular weight is 458 g/mol. The molecule has 32 heavy (non-hydrogen) atoms. The Balaban J connectivity index is 1.60. The molecule has 172 valence electrons. The van der Waals surface area contributed by atoms with Gasteiger partial charge in [-0.15, -0.1) is 10.2 Å². The summed E-state index contributed by atoms with van der Waals surface area (Å²) >= 11 is 1.60. The summed E-state index contributed by atoms with van der Waals surface area (Å²) in [6.45, 7) is 2.16. The van der Waals surface area contributed by atoms with Crippen molar-refractivity contribution in [3.63, 3.8) is 0 Å². The molecule has 0 spiro atoms. The summed E-state index contributed by atoms with van der Waals surface area (Å²) in [6.07, 6.45) is 9.04. The van der Waals surface area contributed by atoms with Crippen LogP contribution >= 0.6 is 11.8 Å². The van der Waals surface area contributed by atoms with Crippen molar-refractivity contribution in [1.82, 2.24) is 24.9 Å². The van der Waals surface area contributed by atoms with Gasteiger partial charge in [-0.3, -0.25) is 4.57 Å². The van der Waals surface area contributed by atoms with Crippen LogP contribution < -0.4 is 9.47 Å². The maximum atomic E-state index is 5.51. The highest BCUT2D eigenvalue weighted by Crippen LogP contribution is 2.38. The van der Waals surface area contributed by atoms with E-state index in [1.54, 1.807) is 26.0 Å². The van der Waals surface area contributed by atoms with E-state index in [9.17, 15) is 0 Å². The quantitative estimate of drug-likeness (QED) is 0.370. The first kappa shape index (κ1) is 22.6. The SMILES string of the molecule is CCCCc1noc(CSc2nnc(-c3ccc(OC)c(OC)c3)n2C2CCCCC2)n1. The van der Waals surface area contributed by atoms with Crippen molar-refractivity contribution in [2.24, 2.45) is 0 Å². The smallest absolute Gasteiger partial charge is 0.237 e. The summed E-state index contributed by atoms with van der Waals surface area (Å²) in [6, 6.07) is 6.27. The standard InChI is InChI=1S/C23H31N5O3S/c1-4-5-11-20-24-21(31-27-20)15-32-23-26-25-22(28(23)17-9-7-6-8-10-17)16-12-13-18(29-2)19(14-16)30-3/h12-14,17H,4-11,15H2,1-3H3. The largest absolute Gasteiger partial charge is 0.493 e. The van der Waals surface area contributed by atoms with E-state index in [1.165, 1.54) is 19.3 Å². The van der Waals surface area contributed by atoms with Gasteiger partial charge < -0.3 is 14.0 Å². The first-order valence-corrected chi connectivity index (χ1v) is 12.3. The van der Waals surface area contributed by atoms with Gasteiger partial charge in [-0.2, -0.15) is 4.98 Å². The minimum Gasteiger partial charge on any atom is -0.493 e. The lowest BCUT2D eigenvalue weighted by Gasteiger charge is -2.25. The third-order valence-corrected chi connectivity index (χ3v) is 6.76. The molecule has 2 aromatic heterocycles. The van der Waals surface area contributed by atoms with E-state index in [1.807, 2.05) is 18.2 Å². The number of hydrogen-bond donors (Lipinski definition) is 0. The molecule has 9 heteroatoms. The third kappa shape index (κ3) is 5.09. The van der Waals surface area contributed by atoms with Gasteiger partial charge in [0.25, 0.3) is 0 Å². The number of methoxy groups -OCH3 is 2. The van der Waals surface area contributed by atoms with Crippen LogP contribution in [0.5, 0.6) is 11.5 Å². The second kappa shape index (κ2) is 10.8. The van der Waals surface area contributed by atoms with Gasteiger partial charge in [0.2, 0.25) is 5.89 Å². The van der Waals surface area contributed by atoms with Crippen molar-refractivity contribution in [3.8, 4) is 22.9 Å². The van der Waals surface area contributed by atoms with Crippen LogP contribution in [0.25, 0.3) is 11.4 Å². The molecule has 1 aromatic carbocycles. The average Bonchev–Trinajstić information content (AvgIpc) is 3.48. The number of ether oxygens (including phenoxy) is 2. The van der Waals surface area contributed by atoms with Gasteiger partial charge in [0.1, 0.15) is 0 Å². The van der Waals surface area contributed by atoms with Gasteiger partial charge in [0, 0.05) is 18.0 Å². The van der Waals surface area contributed by atoms with Crippen LogP contribution in [0.1, 0.15) is 69.6 Å². The van der Waals surface area contributed by atoms with E-state index in [0.717, 1.165) is 54.5 Å². The Labute approximate surface area is 193 Å². The summed E-state index contributed by atoms with van der Waals surface area (Å²) in [4.78, 5) is 4.53. The fraction of sp³-hybridized carbons (Fsp3) is 0.565. The molecule has 1 saturated carbocycles. The number of nitrogens with zero attached hydrogens (tertiary/aromatic N) is 5. The summed E-state index contributed by atoms with van der Waals surface area (Å²) < 4.78 is 18.6. The van der Waals surface area contributed by atoms with Crippen LogP contribution in [0.2, 0.25) is 0 Å². The fourth-order valence-corrected chi connectivity index (χ4v) is 4.97. The Morgan fingerprint density at radius 2 is 1.91 bits per heavy atom. The van der Waals surface area contributed by atoms with Crippen molar-refractivity contribution < 1.29 is 14.0 Å². The molecule has 0 saturated heterocycles. The maximum Gasteiger partial charge on any atom is 0.237 e. The van der Waals surface area contributed by atoms with Gasteiger partial charge in [0.15, 0.2) is 28.3 Å². The number of rotatable bonds is 10. The Hall–Kier alpha value is -2.55. The van der Waals surface area contributed by atoms with Crippen LogP contribution in [0.15, 0.2) is 27.9 Å². The molecule has 0 aliphatic heterocycles. The highest BCUT2D eigenvalue weighted by atomic mass is 32.2. The molecule has 0 N–H and O–H groups in total. The van der Waals surface area contributed by atoms with Crippen LogP contribution in [0.3, 0.4) is 0 Å². The topological polar surface area (TPSA) is 88.1 Å². The van der Waals surface area contributed by atoms with Gasteiger partial charge in [-0.25, -0.2) is 0 Å². The zero-order valence-corrected chi connectivity index (χ0v) is 19.9. The molecule has 0 amide bonds. The number of unbranched alkanes of at least 4 members (excludes halogenated alkanes) is 1. The number of aryl methyl sites for hydroxylation is 1. The Bertz CT molecular complexity index is 1010. The molecule has 0 unspecified atom stereocenters. The number of thioether (sulfide) groups is 1. The normalized spacial score (nSPS) is 14.6. The molecular formula is C23H31N5O3S. The highest BCUT2D eigenvalue weighted by Gasteiger charge is 2.25. The lowest BCUT2D eigenvalue weighted by atomic mass is 9.95. The first-order chi connectivity index (χ1) is 15.7. The van der Waals surface area contributed by atoms with E-state index < -0.39 is 0 Å². The predicted molar refractivity (Wildman–Crippen MR) is 123 cm³/mol. The Morgan fingerprint density at radius 3 is 2.66 bits per heavy atom. The molecule has 1 fully saturated rings. The fourth-order valence-electron chi connectivity index (χ4n) is 4.13. The van der Waals surface area contributed by atoms with E-state index in [0.29, 0.717) is 29.2 Å². The second-order valence-corrected chi connectivity index (χ2v) is 8.98. The van der Waals surface area contributed by atoms with Crippen molar-refractivity contribution in [1.29, 1.82) is 0 Å². The first-order valence-electron chi connectivity index (χ1n) is 11.3. The van der Waals surface area contributed by atoms with Gasteiger partial charge in [-0.1, -0.05) is 49.5 Å². The zero-order chi connectivity index (χ0) is 22.3. The monoisotopic (exact) mass is 457 g/mol. The lowest BCUT2D eigenvalue weighted by molar-refractivity contribution is 0.338.